The standard InChI is InChI=1S/C12H17N5O/c1-3-10-6-12(14-9-13-10)16-11-7-15-17(8-11)4-5-18-2/h6-9H,3-5H2,1-2H3,(H,13,14,16). The molecule has 0 saturated carbocycles. The molecule has 0 aliphatic heterocycles. The van der Waals surface area contributed by atoms with Crippen LogP contribution in [0.25, 0.3) is 0 Å². The number of aryl methyl sites for hydroxylation is 1. The first kappa shape index (κ1) is 12.5. The Labute approximate surface area is 106 Å². The smallest absolute Gasteiger partial charge is 0.134 e. The summed E-state index contributed by atoms with van der Waals surface area (Å²) < 4.78 is 6.83. The first-order valence-electron chi connectivity index (χ1n) is 5.91. The zero-order valence-electron chi connectivity index (χ0n) is 10.6. The van der Waals surface area contributed by atoms with Gasteiger partial charge in [-0.1, -0.05) is 6.92 Å². The number of methoxy groups -OCH3 is 1. The first-order valence-corrected chi connectivity index (χ1v) is 5.91. The number of hydrogen-bond acceptors (Lipinski definition) is 5. The van der Waals surface area contributed by atoms with Crippen LogP contribution in [-0.2, 0) is 17.7 Å². The van der Waals surface area contributed by atoms with E-state index in [1.807, 2.05) is 16.9 Å². The van der Waals surface area contributed by atoms with E-state index >= 15 is 0 Å². The van der Waals surface area contributed by atoms with Crippen LogP contribution in [0.5, 0.6) is 0 Å². The highest BCUT2D eigenvalue weighted by atomic mass is 16.5. The number of ether oxygens (including phenoxy) is 1. The van der Waals surface area contributed by atoms with Gasteiger partial charge in [-0.05, 0) is 6.42 Å². The fourth-order valence-electron chi connectivity index (χ4n) is 1.54. The average molecular weight is 247 g/mol. The number of nitrogens with zero attached hydrogens (tertiary/aromatic N) is 4. The van der Waals surface area contributed by atoms with Crippen LogP contribution in [-0.4, -0.2) is 33.5 Å². The average Bonchev–Trinajstić information content (AvgIpc) is 2.84. The molecule has 0 bridgehead atoms. The van der Waals surface area contributed by atoms with Gasteiger partial charge in [0, 0.05) is 25.1 Å². The number of hydrogen-bond donors (Lipinski definition) is 1. The normalized spacial score (nSPS) is 10.6. The van der Waals surface area contributed by atoms with Gasteiger partial charge in [-0.15, -0.1) is 0 Å². The van der Waals surface area contributed by atoms with Gasteiger partial charge in [0.15, 0.2) is 0 Å². The maximum absolute atomic E-state index is 5.00. The number of nitrogens with one attached hydrogen (secondary N) is 1. The Kier molecular flexibility index (Phi) is 4.25. The molecular formula is C12H17N5O. The molecule has 0 aromatic carbocycles. The van der Waals surface area contributed by atoms with Gasteiger partial charge in [0.2, 0.25) is 0 Å². The second-order valence-corrected chi connectivity index (χ2v) is 3.86. The Morgan fingerprint density at radius 2 is 2.28 bits per heavy atom. The van der Waals surface area contributed by atoms with Gasteiger partial charge in [-0.2, -0.15) is 5.10 Å². The molecule has 0 atom stereocenters. The molecule has 0 aliphatic rings. The van der Waals surface area contributed by atoms with Gasteiger partial charge in [-0.25, -0.2) is 9.97 Å². The van der Waals surface area contributed by atoms with E-state index in [-0.39, 0.29) is 0 Å². The molecule has 2 rings (SSSR count). The van der Waals surface area contributed by atoms with Crippen molar-refractivity contribution in [2.24, 2.45) is 0 Å². The Balaban J connectivity index is 2.01. The molecule has 2 aromatic rings. The Hall–Kier alpha value is -1.95. The molecule has 96 valence electrons. The van der Waals surface area contributed by atoms with E-state index < -0.39 is 0 Å². The number of aromatic nitrogens is 4. The van der Waals surface area contributed by atoms with Gasteiger partial charge >= 0.3 is 0 Å². The van der Waals surface area contributed by atoms with E-state index in [2.05, 4.69) is 27.3 Å². The topological polar surface area (TPSA) is 64.9 Å². The molecular weight excluding hydrogens is 230 g/mol. The first-order chi connectivity index (χ1) is 8.81. The lowest BCUT2D eigenvalue weighted by Gasteiger charge is -2.03. The highest BCUT2D eigenvalue weighted by Crippen LogP contribution is 2.13. The summed E-state index contributed by atoms with van der Waals surface area (Å²) in [6, 6.07) is 1.94. The highest BCUT2D eigenvalue weighted by molar-refractivity contribution is 5.53. The molecule has 6 nitrogen and oxygen atoms in total. The van der Waals surface area contributed by atoms with Crippen LogP contribution in [0.1, 0.15) is 12.6 Å². The second kappa shape index (κ2) is 6.11. The quantitative estimate of drug-likeness (QED) is 0.840. The van der Waals surface area contributed by atoms with Crippen molar-refractivity contribution >= 4 is 11.5 Å². The monoisotopic (exact) mass is 247 g/mol. The van der Waals surface area contributed by atoms with Crippen molar-refractivity contribution in [3.63, 3.8) is 0 Å². The molecule has 0 aliphatic carbocycles. The van der Waals surface area contributed by atoms with Crippen LogP contribution < -0.4 is 5.32 Å². The highest BCUT2D eigenvalue weighted by Gasteiger charge is 2.01. The minimum absolute atomic E-state index is 0.647. The van der Waals surface area contributed by atoms with E-state index in [9.17, 15) is 0 Å². The van der Waals surface area contributed by atoms with Gasteiger partial charge in [0.05, 0.1) is 25.0 Å². The lowest BCUT2D eigenvalue weighted by atomic mass is 10.3. The SMILES string of the molecule is CCc1cc(Nc2cnn(CCOC)c2)ncn1. The van der Waals surface area contributed by atoms with Crippen molar-refractivity contribution in [1.82, 2.24) is 19.7 Å². The van der Waals surface area contributed by atoms with Gasteiger partial charge in [0.1, 0.15) is 12.1 Å². The molecule has 2 aromatic heterocycles. The number of anilines is 2. The predicted molar refractivity (Wildman–Crippen MR) is 68.8 cm³/mol. The van der Waals surface area contributed by atoms with E-state index in [4.69, 9.17) is 4.74 Å². The summed E-state index contributed by atoms with van der Waals surface area (Å²) >= 11 is 0. The summed E-state index contributed by atoms with van der Waals surface area (Å²) in [7, 11) is 1.68. The third-order valence-electron chi connectivity index (χ3n) is 2.52. The van der Waals surface area contributed by atoms with E-state index in [1.54, 1.807) is 19.6 Å². The molecule has 2 heterocycles. The van der Waals surface area contributed by atoms with E-state index in [0.717, 1.165) is 30.2 Å². The zero-order chi connectivity index (χ0) is 12.8. The fourth-order valence-corrected chi connectivity index (χ4v) is 1.54. The van der Waals surface area contributed by atoms with E-state index in [1.165, 1.54) is 0 Å². The summed E-state index contributed by atoms with van der Waals surface area (Å²) in [5.41, 5.74) is 1.92. The van der Waals surface area contributed by atoms with Crippen molar-refractivity contribution < 1.29 is 4.74 Å². The minimum atomic E-state index is 0.647. The molecule has 1 N–H and O–H groups in total. The zero-order valence-corrected chi connectivity index (χ0v) is 10.6. The Bertz CT molecular complexity index is 497. The third kappa shape index (κ3) is 3.27. The number of rotatable bonds is 6. The second-order valence-electron chi connectivity index (χ2n) is 3.86. The van der Waals surface area contributed by atoms with Crippen molar-refractivity contribution in [2.45, 2.75) is 19.9 Å². The maximum Gasteiger partial charge on any atom is 0.134 e. The lowest BCUT2D eigenvalue weighted by Crippen LogP contribution is -2.04. The van der Waals surface area contributed by atoms with Crippen LogP contribution >= 0.6 is 0 Å². The summed E-state index contributed by atoms with van der Waals surface area (Å²) in [6.07, 6.45) is 6.15. The summed E-state index contributed by atoms with van der Waals surface area (Å²) in [5.74, 6) is 0.785. The van der Waals surface area contributed by atoms with Gasteiger partial charge in [0.25, 0.3) is 0 Å². The van der Waals surface area contributed by atoms with Crippen LogP contribution in [0.2, 0.25) is 0 Å². The molecule has 0 radical (unpaired) electrons. The van der Waals surface area contributed by atoms with Crippen LogP contribution in [0.4, 0.5) is 11.5 Å². The fraction of sp³-hybridized carbons (Fsp3) is 0.417. The van der Waals surface area contributed by atoms with Crippen molar-refractivity contribution in [3.05, 3.63) is 30.5 Å². The van der Waals surface area contributed by atoms with Crippen LogP contribution in [0.3, 0.4) is 0 Å². The lowest BCUT2D eigenvalue weighted by molar-refractivity contribution is 0.183. The molecule has 0 unspecified atom stereocenters. The van der Waals surface area contributed by atoms with Gasteiger partial charge < -0.3 is 10.1 Å². The van der Waals surface area contributed by atoms with Gasteiger partial charge in [-0.3, -0.25) is 4.68 Å². The van der Waals surface area contributed by atoms with Crippen LogP contribution in [0.15, 0.2) is 24.8 Å². The van der Waals surface area contributed by atoms with Crippen molar-refractivity contribution in [1.29, 1.82) is 0 Å². The summed E-state index contributed by atoms with van der Waals surface area (Å²) in [6.45, 7) is 3.45. The molecule has 0 spiro atoms. The summed E-state index contributed by atoms with van der Waals surface area (Å²) in [4.78, 5) is 8.33. The minimum Gasteiger partial charge on any atom is -0.383 e. The molecule has 0 amide bonds. The molecule has 6 heteroatoms. The Morgan fingerprint density at radius 3 is 3.06 bits per heavy atom. The summed E-state index contributed by atoms with van der Waals surface area (Å²) in [5, 5.41) is 7.42. The van der Waals surface area contributed by atoms with E-state index in [0.29, 0.717) is 6.61 Å². The maximum atomic E-state index is 5.00. The van der Waals surface area contributed by atoms with Crippen LogP contribution in [0, 0.1) is 0 Å². The predicted octanol–water partition coefficient (Wildman–Crippen LogP) is 1.63. The third-order valence-corrected chi connectivity index (χ3v) is 2.52. The van der Waals surface area contributed by atoms with Crippen molar-refractivity contribution in [3.8, 4) is 0 Å². The molecule has 0 saturated heterocycles. The largest absolute Gasteiger partial charge is 0.383 e. The Morgan fingerprint density at radius 1 is 1.39 bits per heavy atom. The molecule has 18 heavy (non-hydrogen) atoms. The van der Waals surface area contributed by atoms with Crippen molar-refractivity contribution in [2.75, 3.05) is 19.0 Å². The molecule has 0 fully saturated rings.